The summed E-state index contributed by atoms with van der Waals surface area (Å²) < 4.78 is 3.51. The number of piperidine rings is 1. The molecule has 3 heterocycles. The Morgan fingerprint density at radius 2 is 1.87 bits per heavy atom. The third kappa shape index (κ3) is 5.20. The van der Waals surface area contributed by atoms with Crippen LogP contribution >= 0.6 is 39.7 Å². The first-order chi connectivity index (χ1) is 14.2. The Kier molecular flexibility index (Phi) is 8.61. The van der Waals surface area contributed by atoms with Gasteiger partial charge in [0, 0.05) is 29.2 Å². The van der Waals surface area contributed by atoms with Crippen molar-refractivity contribution >= 4 is 61.9 Å². The van der Waals surface area contributed by atoms with E-state index in [0.29, 0.717) is 0 Å². The number of halogens is 2. The van der Waals surface area contributed by atoms with Crippen LogP contribution in [0.3, 0.4) is 0 Å². The molecule has 30 heavy (non-hydrogen) atoms. The number of likely N-dealkylation sites (tertiary alicyclic amines) is 1. The number of aromatic nitrogens is 1. The van der Waals surface area contributed by atoms with Crippen molar-refractivity contribution in [3.63, 3.8) is 0 Å². The fourth-order valence-corrected chi connectivity index (χ4v) is 6.07. The maximum Gasteiger partial charge on any atom is 0.326 e. The van der Waals surface area contributed by atoms with Crippen LogP contribution < -0.4 is 9.88 Å². The van der Waals surface area contributed by atoms with Gasteiger partial charge in [0.2, 0.25) is 0 Å². The molecule has 4 rings (SSSR count). The van der Waals surface area contributed by atoms with Crippen molar-refractivity contribution < 1.29 is 4.79 Å². The molecular weight excluding hydrogens is 486 g/mol. The molecule has 0 radical (unpaired) electrons. The molecule has 164 valence electrons. The quantitative estimate of drug-likeness (QED) is 0.397. The van der Waals surface area contributed by atoms with Crippen LogP contribution in [0.5, 0.6) is 0 Å². The van der Waals surface area contributed by atoms with Crippen molar-refractivity contribution in [1.29, 1.82) is 0 Å². The summed E-state index contributed by atoms with van der Waals surface area (Å²) in [6, 6.07) is 3.83. The molecular formula is C22H29BrClN3O2S. The number of nitrogens with zero attached hydrogens (tertiary/aromatic N) is 3. The van der Waals surface area contributed by atoms with Gasteiger partial charge in [-0.1, -0.05) is 40.1 Å². The van der Waals surface area contributed by atoms with E-state index in [2.05, 4.69) is 25.8 Å². The minimum atomic E-state index is 0. The summed E-state index contributed by atoms with van der Waals surface area (Å²) in [4.78, 5) is 26.4. The molecule has 0 spiro atoms. The Morgan fingerprint density at radius 1 is 1.13 bits per heavy atom. The maximum atomic E-state index is 12.7. The molecule has 0 unspecified atom stereocenters. The van der Waals surface area contributed by atoms with E-state index in [1.807, 2.05) is 18.1 Å². The number of rotatable bonds is 7. The lowest BCUT2D eigenvalue weighted by atomic mass is 9.92. The van der Waals surface area contributed by atoms with Crippen molar-refractivity contribution in [3.05, 3.63) is 31.8 Å². The lowest BCUT2D eigenvalue weighted by Gasteiger charge is -2.34. The van der Waals surface area contributed by atoms with Gasteiger partial charge in [-0.3, -0.25) is 4.79 Å². The first-order valence-corrected chi connectivity index (χ1v) is 12.3. The van der Waals surface area contributed by atoms with Gasteiger partial charge in [-0.2, -0.15) is 0 Å². The molecule has 0 bridgehead atoms. The van der Waals surface area contributed by atoms with Crippen LogP contribution in [-0.2, 0) is 4.79 Å². The Morgan fingerprint density at radius 3 is 2.57 bits per heavy atom. The number of fused-ring (bicyclic) bond motifs is 1. The van der Waals surface area contributed by atoms with Gasteiger partial charge in [0.15, 0.2) is 0 Å². The van der Waals surface area contributed by atoms with Crippen molar-refractivity contribution in [2.45, 2.75) is 44.9 Å². The minimum Gasteiger partial charge on any atom is -0.309 e. The second-order valence-electron chi connectivity index (χ2n) is 8.19. The molecule has 1 aromatic carbocycles. The fourth-order valence-electron chi connectivity index (χ4n) is 4.73. The summed E-state index contributed by atoms with van der Waals surface area (Å²) in [6.07, 6.45) is 10.3. The highest BCUT2D eigenvalue weighted by atomic mass is 79.9. The molecule has 2 aliphatic rings. The second-order valence-corrected chi connectivity index (χ2v) is 10.0. The molecule has 2 fully saturated rings. The molecule has 0 aliphatic carbocycles. The lowest BCUT2D eigenvalue weighted by Crippen LogP contribution is -2.45. The fraction of sp³-hybridized carbons (Fsp3) is 0.591. The van der Waals surface area contributed by atoms with Gasteiger partial charge in [0.25, 0.3) is 0 Å². The average Bonchev–Trinajstić information content (AvgIpc) is 3.35. The smallest absolute Gasteiger partial charge is 0.309 e. The monoisotopic (exact) mass is 513 g/mol. The van der Waals surface area contributed by atoms with Gasteiger partial charge in [-0.15, -0.1) is 12.4 Å². The molecule has 0 N–H and O–H groups in total. The molecule has 1 aromatic heterocycles. The Hall–Kier alpha value is -1.11. The lowest BCUT2D eigenvalue weighted by molar-refractivity contribution is 0.304. The van der Waals surface area contributed by atoms with Gasteiger partial charge < -0.3 is 9.91 Å². The van der Waals surface area contributed by atoms with Gasteiger partial charge in [0.05, 0.1) is 10.2 Å². The zero-order valence-electron chi connectivity index (χ0n) is 17.1. The molecule has 2 aliphatic heterocycles. The van der Waals surface area contributed by atoms with E-state index in [4.69, 9.17) is 0 Å². The summed E-state index contributed by atoms with van der Waals surface area (Å²) in [5.41, 5.74) is 1.56. The number of hydrogen-bond acceptors (Lipinski definition) is 5. The molecule has 2 saturated heterocycles. The van der Waals surface area contributed by atoms with Gasteiger partial charge in [0.1, 0.15) is 5.94 Å². The normalized spacial score (nSPS) is 17.8. The van der Waals surface area contributed by atoms with Crippen molar-refractivity contribution in [3.8, 4) is 0 Å². The van der Waals surface area contributed by atoms with E-state index in [-0.39, 0.29) is 17.3 Å². The van der Waals surface area contributed by atoms with E-state index in [0.717, 1.165) is 52.1 Å². The topological polar surface area (TPSA) is 45.6 Å². The maximum absolute atomic E-state index is 12.7. The highest BCUT2D eigenvalue weighted by Gasteiger charge is 2.23. The second kappa shape index (κ2) is 11.0. The number of hydrogen-bond donors (Lipinski definition) is 0. The molecule has 0 amide bonds. The van der Waals surface area contributed by atoms with Crippen LogP contribution in [0.1, 0.15) is 50.5 Å². The van der Waals surface area contributed by atoms with E-state index in [1.54, 1.807) is 4.68 Å². The highest BCUT2D eigenvalue weighted by molar-refractivity contribution is 9.10. The predicted octanol–water partition coefficient (Wildman–Crippen LogP) is 4.71. The Bertz CT molecular complexity index is 955. The van der Waals surface area contributed by atoms with E-state index in [1.165, 1.54) is 69.2 Å². The summed E-state index contributed by atoms with van der Waals surface area (Å²) in [5, 5.41) is 2.16. The van der Waals surface area contributed by atoms with Crippen molar-refractivity contribution in [1.82, 2.24) is 9.58 Å². The average molecular weight is 515 g/mol. The summed E-state index contributed by atoms with van der Waals surface area (Å²) in [6.45, 7) is 5.62. The van der Waals surface area contributed by atoms with Crippen molar-refractivity contribution in [2.24, 2.45) is 5.92 Å². The van der Waals surface area contributed by atoms with Gasteiger partial charge in [-0.25, -0.2) is 9.47 Å². The van der Waals surface area contributed by atoms with Crippen LogP contribution in [-0.4, -0.2) is 48.2 Å². The first kappa shape index (κ1) is 23.6. The predicted molar refractivity (Wildman–Crippen MR) is 131 cm³/mol. The first-order valence-electron chi connectivity index (χ1n) is 10.7. The third-order valence-electron chi connectivity index (χ3n) is 6.32. The van der Waals surface area contributed by atoms with E-state index < -0.39 is 0 Å². The molecule has 0 atom stereocenters. The highest BCUT2D eigenvalue weighted by Crippen LogP contribution is 2.30. The third-order valence-corrected chi connectivity index (χ3v) is 7.91. The van der Waals surface area contributed by atoms with Crippen LogP contribution in [0.2, 0.25) is 0 Å². The Balaban J connectivity index is 0.00000256. The standard InChI is InChI=1S/C22H28BrN3O2S.ClH/c23-19-6-7-20-21(18(19)10-16-27)26(22(28)29-20)25-14-8-17(9-15-25)5-1-2-11-24-12-3-4-13-24;/h6-7,10,17H,1-5,8-9,11-15H2;1H. The van der Waals surface area contributed by atoms with Gasteiger partial charge in [-0.05, 0) is 69.8 Å². The van der Waals surface area contributed by atoms with Crippen LogP contribution in [0.4, 0.5) is 0 Å². The summed E-state index contributed by atoms with van der Waals surface area (Å²) in [7, 11) is 0. The molecule has 2 aromatic rings. The molecule has 8 heteroatoms. The number of thiazole rings is 1. The molecule has 5 nitrogen and oxygen atoms in total. The van der Waals surface area contributed by atoms with Crippen molar-refractivity contribution in [2.75, 3.05) is 37.7 Å². The minimum absolute atomic E-state index is 0. The summed E-state index contributed by atoms with van der Waals surface area (Å²) in [5.74, 6) is 2.63. The van der Waals surface area contributed by atoms with Gasteiger partial charge >= 0.3 is 4.87 Å². The van der Waals surface area contributed by atoms with Crippen LogP contribution in [0.15, 0.2) is 21.4 Å². The van der Waals surface area contributed by atoms with E-state index in [9.17, 15) is 9.59 Å². The van der Waals surface area contributed by atoms with E-state index >= 15 is 0 Å². The summed E-state index contributed by atoms with van der Waals surface area (Å²) >= 11 is 4.75. The number of carbonyl (C=O) groups excluding carboxylic acids is 1. The largest absolute Gasteiger partial charge is 0.326 e. The number of unbranched alkanes of at least 4 members (excludes halogenated alkanes) is 1. The zero-order valence-corrected chi connectivity index (χ0v) is 20.4. The van der Waals surface area contributed by atoms with Crippen LogP contribution in [0.25, 0.3) is 16.3 Å². The van der Waals surface area contributed by atoms with Crippen LogP contribution in [0, 0.1) is 5.92 Å². The SMILES string of the molecule is Cl.O=C=Cc1c(Br)ccc2sc(=O)n(N3CCC(CCCCN4CCCC4)CC3)c12. The Labute approximate surface area is 196 Å². The zero-order chi connectivity index (χ0) is 20.2. The molecule has 0 saturated carbocycles. The number of benzene rings is 1.